The topological polar surface area (TPSA) is 76.3 Å². The first kappa shape index (κ1) is 24.5. The number of carbonyl (C=O) groups is 1. The summed E-state index contributed by atoms with van der Waals surface area (Å²) in [5, 5.41) is 5.25. The SMILES string of the molecule is CCOc1c(C)cc(C(CNC(=O)c2cc(OC)c3c(c2)=C[N+]=3C2CC2)C2CC2)nc1-c1ccncc1F. The lowest BCUT2D eigenvalue weighted by Gasteiger charge is -2.21. The Morgan fingerprint density at radius 3 is 2.74 bits per heavy atom. The molecule has 2 aliphatic carbocycles. The fraction of sp³-hybridized carbons (Fsp3) is 0.400. The number of halogens is 1. The van der Waals surface area contributed by atoms with Crippen LogP contribution >= 0.6 is 0 Å². The number of aromatic nitrogens is 2. The highest BCUT2D eigenvalue weighted by Crippen LogP contribution is 2.44. The Balaban J connectivity index is 1.28. The minimum Gasteiger partial charge on any atom is -0.491 e. The van der Waals surface area contributed by atoms with E-state index in [-0.39, 0.29) is 11.8 Å². The molecule has 1 aliphatic heterocycles. The van der Waals surface area contributed by atoms with Crippen LogP contribution in [0.15, 0.2) is 36.7 Å². The molecule has 2 fully saturated rings. The molecule has 1 aromatic carbocycles. The second-order valence-corrected chi connectivity index (χ2v) is 10.4. The average Bonchev–Trinajstić information content (AvgIpc) is 3.81. The number of nitrogens with zero attached hydrogens (tertiary/aromatic N) is 3. The van der Waals surface area contributed by atoms with Crippen molar-refractivity contribution in [1.82, 2.24) is 19.9 Å². The van der Waals surface area contributed by atoms with E-state index in [4.69, 9.17) is 14.5 Å². The maximum absolute atomic E-state index is 14.7. The minimum absolute atomic E-state index is 0.0161. The monoisotopic (exact) mass is 515 g/mol. The van der Waals surface area contributed by atoms with E-state index in [1.807, 2.05) is 32.0 Å². The van der Waals surface area contributed by atoms with Crippen molar-refractivity contribution in [2.24, 2.45) is 5.92 Å². The number of carbonyl (C=O) groups excluding carboxylic acids is 1. The van der Waals surface area contributed by atoms with Gasteiger partial charge >= 0.3 is 0 Å². The van der Waals surface area contributed by atoms with Crippen molar-refractivity contribution in [3.05, 3.63) is 69.9 Å². The Kier molecular flexibility index (Phi) is 6.33. The molecule has 3 aliphatic rings. The van der Waals surface area contributed by atoms with Crippen molar-refractivity contribution in [2.75, 3.05) is 20.3 Å². The standard InChI is InChI=1S/C30H31FN4O3/c1-4-38-29-17(2)11-25(34-27(29)22-9-10-32-15-24(22)31)23(18-5-6-18)14-33-30(36)19-12-20-16-35(21-7-8-21)28(20)26(13-19)37-3/h9-13,15-16,18,21,23H,4-8,14H2,1-3H3/p+1. The molecule has 0 saturated heterocycles. The van der Waals surface area contributed by atoms with Gasteiger partial charge in [0.15, 0.2) is 23.8 Å². The number of ether oxygens (including phenoxy) is 2. The molecule has 196 valence electrons. The van der Waals surface area contributed by atoms with E-state index in [0.29, 0.717) is 47.7 Å². The molecule has 8 heteroatoms. The molecule has 1 unspecified atom stereocenters. The lowest BCUT2D eigenvalue weighted by atomic mass is 9.96. The van der Waals surface area contributed by atoms with Crippen molar-refractivity contribution in [2.45, 2.75) is 51.5 Å². The van der Waals surface area contributed by atoms with Crippen LogP contribution in [0.5, 0.6) is 11.5 Å². The van der Waals surface area contributed by atoms with Gasteiger partial charge in [-0.2, -0.15) is 4.58 Å². The molecule has 3 heterocycles. The highest BCUT2D eigenvalue weighted by molar-refractivity contribution is 5.94. The molecule has 0 spiro atoms. The van der Waals surface area contributed by atoms with Crippen LogP contribution in [0.2, 0.25) is 0 Å². The molecule has 1 N–H and O–H groups in total. The van der Waals surface area contributed by atoms with Crippen LogP contribution in [-0.4, -0.2) is 42.2 Å². The number of benzene rings is 1. The third kappa shape index (κ3) is 4.52. The third-order valence-corrected chi connectivity index (χ3v) is 7.61. The minimum atomic E-state index is -0.444. The van der Waals surface area contributed by atoms with E-state index in [2.05, 4.69) is 21.1 Å². The van der Waals surface area contributed by atoms with Crippen LogP contribution in [0.25, 0.3) is 17.5 Å². The molecule has 2 aromatic heterocycles. The van der Waals surface area contributed by atoms with Gasteiger partial charge in [-0.15, -0.1) is 0 Å². The number of hydrogen-bond acceptors (Lipinski definition) is 5. The maximum Gasteiger partial charge on any atom is 0.261 e. The predicted octanol–water partition coefficient (Wildman–Crippen LogP) is 3.33. The first-order valence-corrected chi connectivity index (χ1v) is 13.4. The maximum atomic E-state index is 14.7. The summed E-state index contributed by atoms with van der Waals surface area (Å²) in [7, 11) is 1.65. The largest absolute Gasteiger partial charge is 0.491 e. The second kappa shape index (κ2) is 9.82. The number of amides is 1. The molecule has 0 bridgehead atoms. The third-order valence-electron chi connectivity index (χ3n) is 7.61. The fourth-order valence-corrected chi connectivity index (χ4v) is 5.35. The van der Waals surface area contributed by atoms with Gasteiger partial charge < -0.3 is 14.8 Å². The summed E-state index contributed by atoms with van der Waals surface area (Å²) in [6.45, 7) is 4.75. The molecule has 1 atom stereocenters. The van der Waals surface area contributed by atoms with Crippen LogP contribution in [-0.2, 0) is 0 Å². The van der Waals surface area contributed by atoms with Gasteiger partial charge in [-0.1, -0.05) is 0 Å². The quantitative estimate of drug-likeness (QED) is 0.419. The van der Waals surface area contributed by atoms with E-state index in [0.717, 1.165) is 40.4 Å². The van der Waals surface area contributed by atoms with Crippen molar-refractivity contribution in [3.63, 3.8) is 0 Å². The Labute approximate surface area is 221 Å². The van der Waals surface area contributed by atoms with Gasteiger partial charge in [0.05, 0.1) is 19.9 Å². The molecule has 6 rings (SSSR count). The smallest absolute Gasteiger partial charge is 0.261 e. The summed E-state index contributed by atoms with van der Waals surface area (Å²) in [6, 6.07) is 7.95. The number of methoxy groups -OCH3 is 1. The average molecular weight is 516 g/mol. The molecular weight excluding hydrogens is 483 g/mol. The van der Waals surface area contributed by atoms with Crippen molar-refractivity contribution >= 4 is 12.1 Å². The number of rotatable bonds is 10. The van der Waals surface area contributed by atoms with Gasteiger partial charge in [-0.3, -0.25) is 9.78 Å². The lowest BCUT2D eigenvalue weighted by Crippen LogP contribution is -2.49. The number of pyridine rings is 2. The van der Waals surface area contributed by atoms with Crippen molar-refractivity contribution < 1.29 is 18.7 Å². The molecule has 38 heavy (non-hydrogen) atoms. The van der Waals surface area contributed by atoms with Crippen LogP contribution in [0.1, 0.15) is 60.1 Å². The van der Waals surface area contributed by atoms with Gasteiger partial charge in [0.25, 0.3) is 11.3 Å². The summed E-state index contributed by atoms with van der Waals surface area (Å²) in [6.07, 6.45) is 9.39. The van der Waals surface area contributed by atoms with E-state index < -0.39 is 5.82 Å². The number of hydrogen-bond donors (Lipinski definition) is 1. The Bertz CT molecular complexity index is 1550. The van der Waals surface area contributed by atoms with Crippen LogP contribution in [0.4, 0.5) is 4.39 Å². The molecule has 3 aromatic rings. The number of aryl methyl sites for hydroxylation is 1. The molecule has 0 radical (unpaired) electrons. The molecule has 1 amide bonds. The first-order valence-electron chi connectivity index (χ1n) is 13.4. The van der Waals surface area contributed by atoms with E-state index in [9.17, 15) is 9.18 Å². The fourth-order valence-electron chi connectivity index (χ4n) is 5.35. The zero-order valence-corrected chi connectivity index (χ0v) is 22.0. The van der Waals surface area contributed by atoms with E-state index in [1.54, 1.807) is 19.4 Å². The van der Waals surface area contributed by atoms with E-state index in [1.165, 1.54) is 19.0 Å². The summed E-state index contributed by atoms with van der Waals surface area (Å²) in [4.78, 5) is 22.0. The molecule has 7 nitrogen and oxygen atoms in total. The zero-order valence-electron chi connectivity index (χ0n) is 22.0. The van der Waals surface area contributed by atoms with Gasteiger partial charge in [-0.25, -0.2) is 9.37 Å². The Morgan fingerprint density at radius 1 is 1.24 bits per heavy atom. The van der Waals surface area contributed by atoms with E-state index >= 15 is 0 Å². The highest BCUT2D eigenvalue weighted by atomic mass is 19.1. The first-order chi connectivity index (χ1) is 18.5. The van der Waals surface area contributed by atoms with Crippen LogP contribution in [0.3, 0.4) is 0 Å². The molecular formula is C30H32FN4O3+. The summed E-state index contributed by atoms with van der Waals surface area (Å²) in [5.74, 6) is 1.15. The summed E-state index contributed by atoms with van der Waals surface area (Å²) < 4.78 is 28.5. The second-order valence-electron chi connectivity index (χ2n) is 10.4. The predicted molar refractivity (Wildman–Crippen MR) is 142 cm³/mol. The Hall–Kier alpha value is -3.81. The summed E-state index contributed by atoms with van der Waals surface area (Å²) >= 11 is 0. The molecule has 2 saturated carbocycles. The lowest BCUT2D eigenvalue weighted by molar-refractivity contribution is 0.0949. The summed E-state index contributed by atoms with van der Waals surface area (Å²) in [5.41, 5.74) is 3.14. The van der Waals surface area contributed by atoms with Gasteiger partial charge in [0.1, 0.15) is 16.7 Å². The number of nitrogens with one attached hydrogen (secondary N) is 1. The van der Waals surface area contributed by atoms with Gasteiger partial charge in [-0.05, 0) is 62.4 Å². The number of fused-ring (bicyclic) bond motifs is 1. The van der Waals surface area contributed by atoms with Gasteiger partial charge in [0, 0.05) is 48.3 Å². The van der Waals surface area contributed by atoms with Crippen LogP contribution < -0.4 is 29.9 Å². The van der Waals surface area contributed by atoms with Crippen LogP contribution in [0, 0.1) is 18.7 Å². The zero-order chi connectivity index (χ0) is 26.4. The Morgan fingerprint density at radius 2 is 2.05 bits per heavy atom. The van der Waals surface area contributed by atoms with Crippen molar-refractivity contribution in [1.29, 1.82) is 0 Å². The van der Waals surface area contributed by atoms with Gasteiger partial charge in [0.2, 0.25) is 0 Å². The highest BCUT2D eigenvalue weighted by Gasteiger charge is 2.38. The van der Waals surface area contributed by atoms with Crippen molar-refractivity contribution in [3.8, 4) is 22.8 Å². The normalized spacial score (nSPS) is 16.7.